The van der Waals surface area contributed by atoms with Crippen LogP contribution >= 0.6 is 23.6 Å². The van der Waals surface area contributed by atoms with E-state index in [-0.39, 0.29) is 18.0 Å². The van der Waals surface area contributed by atoms with Crippen LogP contribution < -0.4 is 10.6 Å². The Morgan fingerprint density at radius 2 is 2.00 bits per heavy atom. The predicted molar refractivity (Wildman–Crippen MR) is 130 cm³/mol. The number of carbonyl (C=O) groups excluding carboxylic acids is 1. The second kappa shape index (κ2) is 9.58. The van der Waals surface area contributed by atoms with Crippen LogP contribution in [0.5, 0.6) is 0 Å². The van der Waals surface area contributed by atoms with Crippen LogP contribution in [0.3, 0.4) is 0 Å². The lowest BCUT2D eigenvalue weighted by Crippen LogP contribution is -2.32. The summed E-state index contributed by atoms with van der Waals surface area (Å²) in [6.07, 6.45) is 3.04. The minimum atomic E-state index is -0.0457. The van der Waals surface area contributed by atoms with Crippen LogP contribution in [0.25, 0.3) is 0 Å². The number of thiophene rings is 1. The lowest BCUT2D eigenvalue weighted by atomic mass is 10.0. The van der Waals surface area contributed by atoms with E-state index >= 15 is 0 Å². The van der Waals surface area contributed by atoms with Crippen molar-refractivity contribution in [3.63, 3.8) is 0 Å². The number of hydrogen-bond donors (Lipinski definition) is 2. The van der Waals surface area contributed by atoms with Gasteiger partial charge in [-0.15, -0.1) is 11.3 Å². The summed E-state index contributed by atoms with van der Waals surface area (Å²) in [6, 6.07) is 18.1. The zero-order chi connectivity index (χ0) is 21.8. The number of rotatable bonds is 7. The van der Waals surface area contributed by atoms with E-state index < -0.39 is 0 Å². The molecule has 4 rings (SSSR count). The summed E-state index contributed by atoms with van der Waals surface area (Å²) < 4.78 is 0. The van der Waals surface area contributed by atoms with Gasteiger partial charge in [0.15, 0.2) is 5.11 Å². The van der Waals surface area contributed by atoms with Gasteiger partial charge in [0.2, 0.25) is 5.91 Å². The molecule has 2 aromatic heterocycles. The van der Waals surface area contributed by atoms with Crippen molar-refractivity contribution in [2.24, 2.45) is 0 Å². The summed E-state index contributed by atoms with van der Waals surface area (Å²) in [5, 5.41) is 7.16. The SMILES string of the molecule is CCc1ccccc1NC(=O)CCN1C(=S)N[C@H](c2ccccn2)[C@H]1c1ccc(C)s1. The molecule has 1 aliphatic heterocycles. The molecule has 3 heterocycles. The number of hydrogen-bond acceptors (Lipinski definition) is 4. The summed E-state index contributed by atoms with van der Waals surface area (Å²) in [5.41, 5.74) is 2.97. The zero-order valence-corrected chi connectivity index (χ0v) is 19.3. The third kappa shape index (κ3) is 4.78. The highest BCUT2D eigenvalue weighted by Crippen LogP contribution is 2.41. The van der Waals surface area contributed by atoms with Crippen molar-refractivity contribution in [1.82, 2.24) is 15.2 Å². The highest BCUT2D eigenvalue weighted by atomic mass is 32.1. The predicted octanol–water partition coefficient (Wildman–Crippen LogP) is 5.02. The average Bonchev–Trinajstić information content (AvgIpc) is 3.35. The zero-order valence-electron chi connectivity index (χ0n) is 17.7. The molecular weight excluding hydrogens is 424 g/mol. The molecule has 1 saturated heterocycles. The van der Waals surface area contributed by atoms with E-state index in [2.05, 4.69) is 46.5 Å². The van der Waals surface area contributed by atoms with Gasteiger partial charge in [0.1, 0.15) is 0 Å². The maximum Gasteiger partial charge on any atom is 0.226 e. The fraction of sp³-hybridized carbons (Fsp3) is 0.292. The molecule has 1 fully saturated rings. The van der Waals surface area contributed by atoms with Crippen LogP contribution in [0.1, 0.15) is 46.4 Å². The topological polar surface area (TPSA) is 57.3 Å². The van der Waals surface area contributed by atoms with E-state index in [0.717, 1.165) is 23.4 Å². The van der Waals surface area contributed by atoms with E-state index in [0.29, 0.717) is 18.1 Å². The number of nitrogens with one attached hydrogen (secondary N) is 2. The molecule has 0 unspecified atom stereocenters. The molecule has 7 heteroatoms. The van der Waals surface area contributed by atoms with Gasteiger partial charge in [-0.3, -0.25) is 9.78 Å². The second-order valence-corrected chi connectivity index (χ2v) is 9.28. The number of pyridine rings is 1. The van der Waals surface area contributed by atoms with Crippen molar-refractivity contribution in [2.45, 2.75) is 38.8 Å². The number of nitrogens with zero attached hydrogens (tertiary/aromatic N) is 2. The lowest BCUT2D eigenvalue weighted by Gasteiger charge is -2.26. The summed E-state index contributed by atoms with van der Waals surface area (Å²) >= 11 is 7.44. The molecule has 2 atom stereocenters. The number of para-hydroxylation sites is 1. The Morgan fingerprint density at radius 3 is 2.71 bits per heavy atom. The number of aromatic nitrogens is 1. The van der Waals surface area contributed by atoms with Gasteiger partial charge in [0.25, 0.3) is 0 Å². The third-order valence-electron chi connectivity index (χ3n) is 5.50. The van der Waals surface area contributed by atoms with E-state index in [4.69, 9.17) is 12.2 Å². The minimum Gasteiger partial charge on any atom is -0.352 e. The number of thiocarbonyl (C=S) groups is 1. The summed E-state index contributed by atoms with van der Waals surface area (Å²) in [6.45, 7) is 4.73. The van der Waals surface area contributed by atoms with E-state index in [1.54, 1.807) is 17.5 Å². The first kappa shape index (κ1) is 21.5. The quantitative estimate of drug-likeness (QED) is 0.495. The van der Waals surface area contributed by atoms with Crippen LogP contribution in [0.4, 0.5) is 5.69 Å². The van der Waals surface area contributed by atoms with E-state index in [1.165, 1.54) is 9.75 Å². The van der Waals surface area contributed by atoms with Gasteiger partial charge in [-0.05, 0) is 61.5 Å². The molecule has 0 radical (unpaired) electrons. The van der Waals surface area contributed by atoms with Crippen LogP contribution in [0, 0.1) is 6.92 Å². The highest BCUT2D eigenvalue weighted by molar-refractivity contribution is 7.80. The van der Waals surface area contributed by atoms with Crippen LogP contribution in [-0.2, 0) is 11.2 Å². The van der Waals surface area contributed by atoms with E-state index in [1.807, 2.05) is 42.5 Å². The molecule has 0 aliphatic carbocycles. The highest BCUT2D eigenvalue weighted by Gasteiger charge is 2.40. The van der Waals surface area contributed by atoms with Crippen molar-refractivity contribution in [1.29, 1.82) is 0 Å². The molecule has 0 spiro atoms. The van der Waals surface area contributed by atoms with Crippen molar-refractivity contribution in [3.05, 3.63) is 81.8 Å². The molecule has 0 bridgehead atoms. The minimum absolute atomic E-state index is 0.00824. The Morgan fingerprint density at radius 1 is 1.19 bits per heavy atom. The van der Waals surface area contributed by atoms with Crippen LogP contribution in [0.15, 0.2) is 60.8 Å². The number of carbonyl (C=O) groups is 1. The number of benzene rings is 1. The van der Waals surface area contributed by atoms with Crippen molar-refractivity contribution >= 4 is 40.3 Å². The maximum absolute atomic E-state index is 12.7. The Kier molecular flexibility index (Phi) is 6.63. The standard InChI is InChI=1S/C24H26N4OS2/c1-3-17-8-4-5-9-18(17)26-21(29)13-15-28-23(20-12-11-16(2)31-20)22(27-24(28)30)19-10-6-7-14-25-19/h4-12,14,22-23H,3,13,15H2,1-2H3,(H,26,29)(H,27,30)/t22-,23-/m1/s1. The first-order valence-corrected chi connectivity index (χ1v) is 11.7. The first-order chi connectivity index (χ1) is 15.1. The van der Waals surface area contributed by atoms with Crippen LogP contribution in [0.2, 0.25) is 0 Å². The van der Waals surface area contributed by atoms with Gasteiger partial charge >= 0.3 is 0 Å². The fourth-order valence-corrected chi connectivity index (χ4v) is 5.31. The molecule has 31 heavy (non-hydrogen) atoms. The third-order valence-corrected chi connectivity index (χ3v) is 6.93. The maximum atomic E-state index is 12.7. The average molecular weight is 451 g/mol. The summed E-state index contributed by atoms with van der Waals surface area (Å²) in [4.78, 5) is 21.9. The van der Waals surface area contributed by atoms with Crippen molar-refractivity contribution < 1.29 is 4.79 Å². The van der Waals surface area contributed by atoms with Gasteiger partial charge in [-0.25, -0.2) is 0 Å². The van der Waals surface area contributed by atoms with Crippen LogP contribution in [-0.4, -0.2) is 27.4 Å². The number of aryl methyl sites for hydroxylation is 2. The molecule has 5 nitrogen and oxygen atoms in total. The molecular formula is C24H26N4OS2. The molecule has 2 N–H and O–H groups in total. The molecule has 1 aromatic carbocycles. The van der Waals surface area contributed by atoms with Gasteiger partial charge in [0.05, 0.1) is 17.8 Å². The van der Waals surface area contributed by atoms with Crippen molar-refractivity contribution in [3.8, 4) is 0 Å². The normalized spacial score (nSPS) is 18.1. The van der Waals surface area contributed by atoms with Crippen molar-refractivity contribution in [2.75, 3.05) is 11.9 Å². The summed E-state index contributed by atoms with van der Waals surface area (Å²) in [5.74, 6) is -0.00824. The monoisotopic (exact) mass is 450 g/mol. The smallest absolute Gasteiger partial charge is 0.226 e. The fourth-order valence-electron chi connectivity index (χ4n) is 3.95. The van der Waals surface area contributed by atoms with Gasteiger partial charge in [-0.1, -0.05) is 31.2 Å². The van der Waals surface area contributed by atoms with Gasteiger partial charge < -0.3 is 15.5 Å². The number of amides is 1. The lowest BCUT2D eigenvalue weighted by molar-refractivity contribution is -0.116. The Balaban J connectivity index is 1.52. The number of anilines is 1. The Labute approximate surface area is 192 Å². The molecule has 3 aromatic rings. The van der Waals surface area contributed by atoms with E-state index in [9.17, 15) is 4.79 Å². The molecule has 160 valence electrons. The first-order valence-electron chi connectivity index (χ1n) is 10.5. The Bertz CT molecular complexity index is 1070. The molecule has 1 aliphatic rings. The van der Waals surface area contributed by atoms with Gasteiger partial charge in [-0.2, -0.15) is 0 Å². The van der Waals surface area contributed by atoms with Gasteiger partial charge in [0, 0.05) is 34.6 Å². The molecule has 1 amide bonds. The summed E-state index contributed by atoms with van der Waals surface area (Å²) in [7, 11) is 0. The second-order valence-electron chi connectivity index (χ2n) is 7.58. The Hall–Kier alpha value is -2.77. The largest absolute Gasteiger partial charge is 0.352 e. The molecule has 0 saturated carbocycles.